The molecular weight excluding hydrogens is 445 g/mol. The number of phenols is 1. The quantitative estimate of drug-likeness (QED) is 0.619. The Morgan fingerprint density at radius 3 is 2.79 bits per heavy atom. The average Bonchev–Trinajstić information content (AvgIpc) is 3.27. The second kappa shape index (κ2) is 7.84. The second-order valence-electron chi connectivity index (χ2n) is 9.23. The zero-order valence-electron chi connectivity index (χ0n) is 18.9. The van der Waals surface area contributed by atoms with Crippen LogP contribution in [0.5, 0.6) is 5.75 Å². The summed E-state index contributed by atoms with van der Waals surface area (Å²) in [6.07, 6.45) is 2.25. The first-order chi connectivity index (χ1) is 15.7. The third-order valence-corrected chi connectivity index (χ3v) is 8.33. The van der Waals surface area contributed by atoms with Gasteiger partial charge in [-0.15, -0.1) is 10.2 Å². The van der Waals surface area contributed by atoms with Crippen LogP contribution in [-0.2, 0) is 7.05 Å². The Hall–Kier alpha value is -2.92. The van der Waals surface area contributed by atoms with Crippen molar-refractivity contribution < 1.29 is 9.50 Å². The van der Waals surface area contributed by atoms with Gasteiger partial charge in [0.05, 0.1) is 17.1 Å². The number of benzene rings is 1. The molecule has 4 heterocycles. The van der Waals surface area contributed by atoms with Gasteiger partial charge in [0.2, 0.25) is 5.13 Å². The molecule has 174 valence electrons. The highest BCUT2D eigenvalue weighted by atomic mass is 32.1. The van der Waals surface area contributed by atoms with Crippen LogP contribution in [0.3, 0.4) is 0 Å². The van der Waals surface area contributed by atoms with Crippen molar-refractivity contribution in [3.8, 4) is 27.7 Å². The lowest BCUT2D eigenvalue weighted by atomic mass is 9.67. The van der Waals surface area contributed by atoms with E-state index >= 15 is 4.39 Å². The number of aromatic nitrogens is 5. The van der Waals surface area contributed by atoms with Crippen LogP contribution < -0.4 is 10.6 Å². The lowest BCUT2D eigenvalue weighted by Crippen LogP contribution is -2.70. The van der Waals surface area contributed by atoms with E-state index in [9.17, 15) is 9.90 Å². The number of phenolic OH excluding ortho intramolecular Hbond substituents is 1. The van der Waals surface area contributed by atoms with Crippen molar-refractivity contribution in [1.82, 2.24) is 29.6 Å². The van der Waals surface area contributed by atoms with Crippen LogP contribution in [0.1, 0.15) is 19.8 Å². The van der Waals surface area contributed by atoms with Crippen molar-refractivity contribution in [2.45, 2.75) is 37.5 Å². The minimum absolute atomic E-state index is 0.0173. The van der Waals surface area contributed by atoms with E-state index in [2.05, 4.69) is 25.1 Å². The molecular formula is C22H26FN7O2S. The molecule has 3 aliphatic rings. The predicted octanol–water partition coefficient (Wildman–Crippen LogP) is 2.32. The molecule has 2 aromatic heterocycles. The molecule has 3 fully saturated rings. The van der Waals surface area contributed by atoms with Gasteiger partial charge in [-0.25, -0.2) is 14.2 Å². The lowest BCUT2D eigenvalue weighted by Gasteiger charge is -2.58. The number of piperidine rings is 2. The highest BCUT2D eigenvalue weighted by Gasteiger charge is 2.56. The molecule has 6 rings (SSSR count). The number of halogens is 1. The summed E-state index contributed by atoms with van der Waals surface area (Å²) in [5.41, 5.74) is 0.138. The maximum Gasteiger partial charge on any atom is 0.350 e. The van der Waals surface area contributed by atoms with Crippen LogP contribution in [0.25, 0.3) is 22.0 Å². The number of anilines is 1. The van der Waals surface area contributed by atoms with Gasteiger partial charge in [0.25, 0.3) is 0 Å². The first-order valence-electron chi connectivity index (χ1n) is 10.8. The molecule has 0 radical (unpaired) electrons. The Bertz CT molecular complexity index is 1260. The molecule has 0 unspecified atom stereocenters. The van der Waals surface area contributed by atoms with E-state index in [4.69, 9.17) is 0 Å². The Labute approximate surface area is 194 Å². The smallest absolute Gasteiger partial charge is 0.350 e. The lowest BCUT2D eigenvalue weighted by molar-refractivity contribution is -0.0814. The Kier molecular flexibility index (Phi) is 5.20. The monoisotopic (exact) mass is 471 g/mol. The summed E-state index contributed by atoms with van der Waals surface area (Å²) >= 11 is 1.32. The molecule has 3 aromatic rings. The minimum Gasteiger partial charge on any atom is -0.507 e. The molecule has 1 saturated carbocycles. The van der Waals surface area contributed by atoms with Crippen LogP contribution >= 0.6 is 11.3 Å². The van der Waals surface area contributed by atoms with Crippen molar-refractivity contribution in [2.24, 2.45) is 13.0 Å². The standard InChI is InChI=1S/C22H26FN7O2S/c1-22-8-7-13(10-29(22)3)16(17(22)23)30(4)21-27-26-19(33-21)14-6-5-12(9-15(14)31)18-24-11-28(2)20(32)25-18/h5-6,9,11,13,16-17,31H,7-8,10H2,1-4H3/t13-,16-,17+,22-/m1/s1. The van der Waals surface area contributed by atoms with E-state index in [0.29, 0.717) is 21.3 Å². The van der Waals surface area contributed by atoms with Crippen molar-refractivity contribution in [3.05, 3.63) is 35.0 Å². The van der Waals surface area contributed by atoms with Gasteiger partial charge in [-0.2, -0.15) is 4.98 Å². The van der Waals surface area contributed by atoms with E-state index < -0.39 is 17.4 Å². The van der Waals surface area contributed by atoms with Gasteiger partial charge < -0.3 is 10.0 Å². The van der Waals surface area contributed by atoms with Gasteiger partial charge in [0.1, 0.15) is 18.2 Å². The molecule has 1 aromatic carbocycles. The molecule has 1 N–H and O–H groups in total. The number of aromatic hydroxyl groups is 1. The Balaban J connectivity index is 1.41. The minimum atomic E-state index is -0.987. The molecule has 0 amide bonds. The fraction of sp³-hybridized carbons (Fsp3) is 0.500. The number of hydrogen-bond donors (Lipinski definition) is 1. The largest absolute Gasteiger partial charge is 0.507 e. The van der Waals surface area contributed by atoms with Gasteiger partial charge in [-0.1, -0.05) is 17.4 Å². The van der Waals surface area contributed by atoms with Crippen LogP contribution in [0.15, 0.2) is 29.3 Å². The molecule has 4 atom stereocenters. The third-order valence-electron chi connectivity index (χ3n) is 7.28. The summed E-state index contributed by atoms with van der Waals surface area (Å²) < 4.78 is 16.8. The van der Waals surface area contributed by atoms with Gasteiger partial charge in [0.15, 0.2) is 10.8 Å². The van der Waals surface area contributed by atoms with E-state index in [-0.39, 0.29) is 23.5 Å². The third kappa shape index (κ3) is 3.50. The summed E-state index contributed by atoms with van der Waals surface area (Å²) in [6, 6.07) is 4.67. The van der Waals surface area contributed by atoms with Crippen LogP contribution in [-0.4, -0.2) is 73.1 Å². The maximum absolute atomic E-state index is 15.6. The number of alkyl halides is 1. The highest BCUT2D eigenvalue weighted by molar-refractivity contribution is 7.18. The maximum atomic E-state index is 15.6. The molecule has 1 aliphatic carbocycles. The molecule has 2 saturated heterocycles. The molecule has 9 nitrogen and oxygen atoms in total. The number of fused-ring (bicyclic) bond motifs is 3. The van der Waals surface area contributed by atoms with Gasteiger partial charge in [-0.3, -0.25) is 9.47 Å². The molecule has 2 bridgehead atoms. The number of rotatable bonds is 4. The average molecular weight is 472 g/mol. The molecule has 0 spiro atoms. The van der Waals surface area contributed by atoms with Crippen LogP contribution in [0.2, 0.25) is 0 Å². The number of nitrogens with zero attached hydrogens (tertiary/aromatic N) is 7. The molecule has 2 aliphatic heterocycles. The second-order valence-corrected chi connectivity index (χ2v) is 10.2. The Morgan fingerprint density at radius 1 is 1.30 bits per heavy atom. The fourth-order valence-electron chi connectivity index (χ4n) is 5.04. The van der Waals surface area contributed by atoms with E-state index in [1.165, 1.54) is 28.3 Å². The van der Waals surface area contributed by atoms with Crippen molar-refractivity contribution in [2.75, 3.05) is 25.5 Å². The Morgan fingerprint density at radius 2 is 2.09 bits per heavy atom. The zero-order chi connectivity index (χ0) is 23.5. The summed E-state index contributed by atoms with van der Waals surface area (Å²) in [6.45, 7) is 2.87. The van der Waals surface area contributed by atoms with Crippen LogP contribution in [0, 0.1) is 5.92 Å². The van der Waals surface area contributed by atoms with E-state index in [1.807, 2.05) is 25.9 Å². The summed E-state index contributed by atoms with van der Waals surface area (Å²) in [5.74, 6) is 0.448. The summed E-state index contributed by atoms with van der Waals surface area (Å²) in [5, 5.41) is 20.4. The molecule has 11 heteroatoms. The first-order valence-corrected chi connectivity index (χ1v) is 11.7. The normalized spacial score (nSPS) is 27.1. The molecule has 33 heavy (non-hydrogen) atoms. The predicted molar refractivity (Wildman–Crippen MR) is 124 cm³/mol. The van der Waals surface area contributed by atoms with Gasteiger partial charge in [-0.05, 0) is 44.9 Å². The summed E-state index contributed by atoms with van der Waals surface area (Å²) in [4.78, 5) is 23.9. The van der Waals surface area contributed by atoms with E-state index in [0.717, 1.165) is 19.4 Å². The number of aryl methyl sites for hydroxylation is 1. The van der Waals surface area contributed by atoms with Crippen LogP contribution in [0.4, 0.5) is 9.52 Å². The zero-order valence-corrected chi connectivity index (χ0v) is 19.8. The topological polar surface area (TPSA) is 100 Å². The number of hydrogen-bond acceptors (Lipinski definition) is 9. The highest BCUT2D eigenvalue weighted by Crippen LogP contribution is 2.47. The SMILES string of the molecule is CN(c1nnc(-c2ccc(-c3ncn(C)c(=O)n3)cc2O)s1)[C@@H]1[C@@H]2CC[C@](C)([C@H]1F)N(C)C2. The van der Waals surface area contributed by atoms with Crippen molar-refractivity contribution in [3.63, 3.8) is 0 Å². The van der Waals surface area contributed by atoms with E-state index in [1.54, 1.807) is 19.2 Å². The van der Waals surface area contributed by atoms with Crippen molar-refractivity contribution >= 4 is 16.5 Å². The van der Waals surface area contributed by atoms with Crippen molar-refractivity contribution in [1.29, 1.82) is 0 Å². The fourth-order valence-corrected chi connectivity index (χ4v) is 5.93. The van der Waals surface area contributed by atoms with Gasteiger partial charge >= 0.3 is 5.69 Å². The first kappa shape index (κ1) is 21.9. The summed E-state index contributed by atoms with van der Waals surface area (Å²) in [7, 11) is 5.45. The van der Waals surface area contributed by atoms with Gasteiger partial charge in [0, 0.05) is 26.2 Å².